The van der Waals surface area contributed by atoms with E-state index in [9.17, 15) is 0 Å². The van der Waals surface area contributed by atoms with Gasteiger partial charge in [0.05, 0.1) is 5.41 Å². The van der Waals surface area contributed by atoms with Crippen molar-refractivity contribution in [2.45, 2.75) is 44.4 Å². The monoisotopic (exact) mass is 265 g/mol. The smallest absolute Gasteiger partial charge is 0.232 e. The van der Waals surface area contributed by atoms with Crippen molar-refractivity contribution >= 4 is 0 Å². The number of rotatable bonds is 4. The van der Waals surface area contributed by atoms with Crippen LogP contribution < -0.4 is 5.32 Å². The van der Waals surface area contributed by atoms with E-state index in [2.05, 4.69) is 22.4 Å². The van der Waals surface area contributed by atoms with Crippen molar-refractivity contribution in [3.8, 4) is 0 Å². The van der Waals surface area contributed by atoms with Crippen molar-refractivity contribution in [2.75, 3.05) is 26.3 Å². The molecule has 1 N–H and O–H groups in total. The zero-order valence-corrected chi connectivity index (χ0v) is 11.7. The fourth-order valence-corrected chi connectivity index (χ4v) is 3.18. The third-order valence-electron chi connectivity index (χ3n) is 4.65. The minimum atomic E-state index is 0.0999. The summed E-state index contributed by atoms with van der Waals surface area (Å²) < 4.78 is 11.0. The molecule has 2 aliphatic rings. The molecule has 1 unspecified atom stereocenters. The van der Waals surface area contributed by atoms with Crippen molar-refractivity contribution in [3.63, 3.8) is 0 Å². The summed E-state index contributed by atoms with van der Waals surface area (Å²) in [6.07, 6.45) is 5.27. The van der Waals surface area contributed by atoms with Crippen LogP contribution >= 0.6 is 0 Å². The Morgan fingerprint density at radius 2 is 2.21 bits per heavy atom. The SMILES string of the molecule is CCC1(c2nc(CC3CCOC3)no2)CCNCC1. The minimum absolute atomic E-state index is 0.0999. The van der Waals surface area contributed by atoms with Gasteiger partial charge in [-0.1, -0.05) is 12.1 Å². The first-order chi connectivity index (χ1) is 9.32. The molecule has 19 heavy (non-hydrogen) atoms. The van der Waals surface area contributed by atoms with Gasteiger partial charge in [-0.3, -0.25) is 0 Å². The van der Waals surface area contributed by atoms with E-state index in [0.29, 0.717) is 5.92 Å². The molecule has 5 heteroatoms. The normalized spacial score (nSPS) is 26.7. The van der Waals surface area contributed by atoms with E-state index in [1.165, 1.54) is 0 Å². The Morgan fingerprint density at radius 3 is 2.89 bits per heavy atom. The van der Waals surface area contributed by atoms with E-state index in [0.717, 1.165) is 70.1 Å². The van der Waals surface area contributed by atoms with Crippen LogP contribution in [-0.4, -0.2) is 36.4 Å². The van der Waals surface area contributed by atoms with Crippen LogP contribution in [0.1, 0.15) is 44.3 Å². The molecule has 0 aromatic carbocycles. The lowest BCUT2D eigenvalue weighted by Crippen LogP contribution is -2.39. The maximum absolute atomic E-state index is 5.58. The molecule has 0 radical (unpaired) electrons. The number of hydrogen-bond acceptors (Lipinski definition) is 5. The Bertz CT molecular complexity index is 407. The second-order valence-electron chi connectivity index (χ2n) is 5.83. The van der Waals surface area contributed by atoms with Gasteiger partial charge in [-0.15, -0.1) is 0 Å². The zero-order chi connectivity index (χ0) is 13.1. The molecular formula is C14H23N3O2. The van der Waals surface area contributed by atoms with E-state index < -0.39 is 0 Å². The molecule has 2 aliphatic heterocycles. The first-order valence-electron chi connectivity index (χ1n) is 7.44. The summed E-state index contributed by atoms with van der Waals surface area (Å²) in [7, 11) is 0. The van der Waals surface area contributed by atoms with Crippen LogP contribution in [-0.2, 0) is 16.6 Å². The van der Waals surface area contributed by atoms with E-state index in [1.54, 1.807) is 0 Å². The lowest BCUT2D eigenvalue weighted by Gasteiger charge is -2.33. The van der Waals surface area contributed by atoms with Gasteiger partial charge in [0.2, 0.25) is 5.89 Å². The van der Waals surface area contributed by atoms with Crippen LogP contribution in [0.2, 0.25) is 0 Å². The Labute approximate surface area is 114 Å². The fourth-order valence-electron chi connectivity index (χ4n) is 3.18. The van der Waals surface area contributed by atoms with E-state index in [4.69, 9.17) is 9.26 Å². The summed E-state index contributed by atoms with van der Waals surface area (Å²) in [4.78, 5) is 4.68. The lowest BCUT2D eigenvalue weighted by molar-refractivity contribution is 0.185. The molecule has 2 fully saturated rings. The lowest BCUT2D eigenvalue weighted by atomic mass is 9.76. The van der Waals surface area contributed by atoms with Crippen molar-refractivity contribution in [2.24, 2.45) is 5.92 Å². The second-order valence-corrected chi connectivity index (χ2v) is 5.83. The number of nitrogens with one attached hydrogen (secondary N) is 1. The standard InChI is InChI=1S/C14H23N3O2/c1-2-14(4-6-15-7-5-14)13-16-12(17-19-13)9-11-3-8-18-10-11/h11,15H,2-10H2,1H3. The van der Waals surface area contributed by atoms with Gasteiger partial charge in [0.1, 0.15) is 0 Å². The number of nitrogens with zero attached hydrogens (tertiary/aromatic N) is 2. The summed E-state index contributed by atoms with van der Waals surface area (Å²) in [5.74, 6) is 2.28. The topological polar surface area (TPSA) is 60.2 Å². The van der Waals surface area contributed by atoms with Crippen LogP contribution in [0.15, 0.2) is 4.52 Å². The third kappa shape index (κ3) is 2.67. The van der Waals surface area contributed by atoms with Gasteiger partial charge in [0.15, 0.2) is 5.82 Å². The molecule has 0 bridgehead atoms. The van der Waals surface area contributed by atoms with Crippen LogP contribution in [0.5, 0.6) is 0 Å². The van der Waals surface area contributed by atoms with Crippen LogP contribution in [0.3, 0.4) is 0 Å². The highest BCUT2D eigenvalue weighted by molar-refractivity contribution is 5.07. The Hall–Kier alpha value is -0.940. The molecule has 5 nitrogen and oxygen atoms in total. The van der Waals surface area contributed by atoms with Crippen molar-refractivity contribution in [3.05, 3.63) is 11.7 Å². The van der Waals surface area contributed by atoms with Gasteiger partial charge in [0.25, 0.3) is 0 Å². The average molecular weight is 265 g/mol. The quantitative estimate of drug-likeness (QED) is 0.897. The first-order valence-corrected chi connectivity index (χ1v) is 7.44. The fraction of sp³-hybridized carbons (Fsp3) is 0.857. The molecule has 2 saturated heterocycles. The summed E-state index contributed by atoms with van der Waals surface area (Å²) in [6.45, 7) is 6.02. The molecule has 106 valence electrons. The average Bonchev–Trinajstić information content (AvgIpc) is 3.12. The molecule has 0 amide bonds. The molecule has 1 atom stereocenters. The van der Waals surface area contributed by atoms with Crippen LogP contribution in [0, 0.1) is 5.92 Å². The van der Waals surface area contributed by atoms with Crippen molar-refractivity contribution in [1.82, 2.24) is 15.5 Å². The molecule has 0 aliphatic carbocycles. The highest BCUT2D eigenvalue weighted by Crippen LogP contribution is 2.35. The highest BCUT2D eigenvalue weighted by Gasteiger charge is 2.37. The van der Waals surface area contributed by atoms with Crippen molar-refractivity contribution < 1.29 is 9.26 Å². The molecule has 0 saturated carbocycles. The number of piperidine rings is 1. The predicted octanol–water partition coefficient (Wildman–Crippen LogP) is 1.68. The summed E-state index contributed by atoms with van der Waals surface area (Å²) in [6, 6.07) is 0. The number of ether oxygens (including phenoxy) is 1. The molecule has 0 spiro atoms. The maximum Gasteiger partial charge on any atom is 0.232 e. The highest BCUT2D eigenvalue weighted by atomic mass is 16.5. The van der Waals surface area contributed by atoms with Crippen LogP contribution in [0.25, 0.3) is 0 Å². The van der Waals surface area contributed by atoms with Crippen LogP contribution in [0.4, 0.5) is 0 Å². The minimum Gasteiger partial charge on any atom is -0.381 e. The Kier molecular flexibility index (Phi) is 3.84. The van der Waals surface area contributed by atoms with Gasteiger partial charge in [-0.2, -0.15) is 4.98 Å². The molecular weight excluding hydrogens is 242 g/mol. The Balaban J connectivity index is 1.71. The van der Waals surface area contributed by atoms with Gasteiger partial charge in [-0.05, 0) is 44.7 Å². The summed E-state index contributed by atoms with van der Waals surface area (Å²) >= 11 is 0. The zero-order valence-electron chi connectivity index (χ0n) is 11.7. The second kappa shape index (κ2) is 5.59. The van der Waals surface area contributed by atoms with Gasteiger partial charge < -0.3 is 14.6 Å². The van der Waals surface area contributed by atoms with Gasteiger partial charge in [-0.25, -0.2) is 0 Å². The number of hydrogen-bond donors (Lipinski definition) is 1. The predicted molar refractivity (Wildman–Crippen MR) is 71.0 cm³/mol. The Morgan fingerprint density at radius 1 is 1.37 bits per heavy atom. The number of aromatic nitrogens is 2. The largest absolute Gasteiger partial charge is 0.381 e. The van der Waals surface area contributed by atoms with E-state index in [1.807, 2.05) is 0 Å². The van der Waals surface area contributed by atoms with E-state index >= 15 is 0 Å². The van der Waals surface area contributed by atoms with Gasteiger partial charge >= 0.3 is 0 Å². The van der Waals surface area contributed by atoms with Crippen molar-refractivity contribution in [1.29, 1.82) is 0 Å². The first kappa shape index (κ1) is 13.1. The summed E-state index contributed by atoms with van der Waals surface area (Å²) in [5.41, 5.74) is 0.0999. The third-order valence-corrected chi connectivity index (χ3v) is 4.65. The molecule has 3 heterocycles. The molecule has 1 aromatic heterocycles. The van der Waals surface area contributed by atoms with E-state index in [-0.39, 0.29) is 5.41 Å². The molecule has 3 rings (SSSR count). The maximum atomic E-state index is 5.58. The van der Waals surface area contributed by atoms with Gasteiger partial charge in [0, 0.05) is 19.6 Å². The molecule has 1 aromatic rings. The summed E-state index contributed by atoms with van der Waals surface area (Å²) in [5, 5.41) is 7.59.